The summed E-state index contributed by atoms with van der Waals surface area (Å²) in [6.07, 6.45) is 2.13. The molecule has 0 saturated carbocycles. The number of rotatable bonds is 3. The zero-order valence-corrected chi connectivity index (χ0v) is 8.31. The predicted molar refractivity (Wildman–Crippen MR) is 59.7 cm³/mol. The fraction of sp³-hybridized carbons (Fsp3) is 0.167. The van der Waals surface area contributed by atoms with Gasteiger partial charge in [-0.3, -0.25) is 9.78 Å². The van der Waals surface area contributed by atoms with Crippen molar-refractivity contribution in [3.8, 4) is 0 Å². The lowest BCUT2D eigenvalue weighted by Crippen LogP contribution is -2.07. The standard InChI is InChI=1S/C12H12N2O/c13-6-5-12(15)10-3-4-11-9(8-10)2-1-7-14-11/h1-4,7-8H,5-6,13H2. The first-order chi connectivity index (χ1) is 7.31. The average molecular weight is 200 g/mol. The highest BCUT2D eigenvalue weighted by atomic mass is 16.1. The van der Waals surface area contributed by atoms with Crippen LogP contribution in [0.1, 0.15) is 16.8 Å². The van der Waals surface area contributed by atoms with E-state index < -0.39 is 0 Å². The number of carbonyl (C=O) groups is 1. The Kier molecular flexibility index (Phi) is 2.74. The molecule has 76 valence electrons. The molecule has 0 bridgehead atoms. The van der Waals surface area contributed by atoms with Gasteiger partial charge in [-0.15, -0.1) is 0 Å². The summed E-state index contributed by atoms with van der Waals surface area (Å²) in [6.45, 7) is 0.393. The first-order valence-corrected chi connectivity index (χ1v) is 4.89. The van der Waals surface area contributed by atoms with Gasteiger partial charge in [0, 0.05) is 23.6 Å². The Hall–Kier alpha value is -1.74. The van der Waals surface area contributed by atoms with Gasteiger partial charge in [0.2, 0.25) is 0 Å². The largest absolute Gasteiger partial charge is 0.330 e. The lowest BCUT2D eigenvalue weighted by Gasteiger charge is -2.01. The van der Waals surface area contributed by atoms with Gasteiger partial charge in [-0.1, -0.05) is 6.07 Å². The second-order valence-corrected chi connectivity index (χ2v) is 3.37. The van der Waals surface area contributed by atoms with Crippen LogP contribution in [0, 0.1) is 0 Å². The van der Waals surface area contributed by atoms with Gasteiger partial charge in [0.05, 0.1) is 5.52 Å². The van der Waals surface area contributed by atoms with Crippen LogP contribution in [0.15, 0.2) is 36.5 Å². The highest BCUT2D eigenvalue weighted by molar-refractivity contribution is 5.99. The van der Waals surface area contributed by atoms with E-state index in [9.17, 15) is 4.79 Å². The van der Waals surface area contributed by atoms with Crippen molar-refractivity contribution in [3.05, 3.63) is 42.1 Å². The quantitative estimate of drug-likeness (QED) is 0.768. The minimum Gasteiger partial charge on any atom is -0.330 e. The van der Waals surface area contributed by atoms with E-state index in [1.54, 1.807) is 12.3 Å². The zero-order chi connectivity index (χ0) is 10.7. The summed E-state index contributed by atoms with van der Waals surface area (Å²) in [5.41, 5.74) is 6.96. The van der Waals surface area contributed by atoms with Gasteiger partial charge in [-0.25, -0.2) is 0 Å². The molecule has 3 nitrogen and oxygen atoms in total. The van der Waals surface area contributed by atoms with Crippen molar-refractivity contribution in [2.45, 2.75) is 6.42 Å². The van der Waals surface area contributed by atoms with Crippen LogP contribution in [0.4, 0.5) is 0 Å². The number of benzene rings is 1. The molecule has 0 fully saturated rings. The van der Waals surface area contributed by atoms with Gasteiger partial charge < -0.3 is 5.73 Å². The SMILES string of the molecule is NCCC(=O)c1ccc2ncccc2c1. The smallest absolute Gasteiger partial charge is 0.164 e. The van der Waals surface area contributed by atoms with Crippen molar-refractivity contribution >= 4 is 16.7 Å². The van der Waals surface area contributed by atoms with Crippen LogP contribution in [-0.2, 0) is 0 Å². The highest BCUT2D eigenvalue weighted by Gasteiger charge is 2.05. The van der Waals surface area contributed by atoms with Crippen molar-refractivity contribution < 1.29 is 4.79 Å². The third-order valence-corrected chi connectivity index (χ3v) is 2.30. The van der Waals surface area contributed by atoms with Gasteiger partial charge in [0.1, 0.15) is 0 Å². The van der Waals surface area contributed by atoms with Gasteiger partial charge in [-0.05, 0) is 30.8 Å². The normalized spacial score (nSPS) is 10.5. The van der Waals surface area contributed by atoms with Crippen LogP contribution in [-0.4, -0.2) is 17.3 Å². The van der Waals surface area contributed by atoms with Gasteiger partial charge in [0.15, 0.2) is 5.78 Å². The molecule has 1 heterocycles. The van der Waals surface area contributed by atoms with Crippen LogP contribution in [0.5, 0.6) is 0 Å². The van der Waals surface area contributed by atoms with E-state index in [1.807, 2.05) is 24.3 Å². The number of ketones is 1. The summed E-state index contributed by atoms with van der Waals surface area (Å²) in [6, 6.07) is 9.33. The molecule has 0 aliphatic carbocycles. The van der Waals surface area contributed by atoms with Crippen molar-refractivity contribution in [3.63, 3.8) is 0 Å². The Labute approximate surface area is 87.9 Å². The number of nitrogens with two attached hydrogens (primary N) is 1. The molecule has 2 N–H and O–H groups in total. The number of carbonyl (C=O) groups excluding carboxylic acids is 1. The third kappa shape index (κ3) is 2.02. The number of hydrogen-bond donors (Lipinski definition) is 1. The van der Waals surface area contributed by atoms with Crippen molar-refractivity contribution in [2.24, 2.45) is 5.73 Å². The summed E-state index contributed by atoms with van der Waals surface area (Å²) in [5, 5.41) is 0.986. The molecule has 0 amide bonds. The number of aromatic nitrogens is 1. The van der Waals surface area contributed by atoms with Crippen LogP contribution in [0.2, 0.25) is 0 Å². The van der Waals surface area contributed by atoms with Crippen LogP contribution < -0.4 is 5.73 Å². The number of Topliss-reactive ketones (excluding diaryl/α,β-unsaturated/α-hetero) is 1. The molecule has 0 aliphatic rings. The summed E-state index contributed by atoms with van der Waals surface area (Å²) in [4.78, 5) is 15.8. The van der Waals surface area contributed by atoms with Gasteiger partial charge in [-0.2, -0.15) is 0 Å². The molecule has 3 heteroatoms. The van der Waals surface area contributed by atoms with E-state index in [1.165, 1.54) is 0 Å². The van der Waals surface area contributed by atoms with E-state index in [4.69, 9.17) is 5.73 Å². The monoisotopic (exact) mass is 200 g/mol. The lowest BCUT2D eigenvalue weighted by molar-refractivity contribution is 0.0985. The molecule has 0 saturated heterocycles. The second kappa shape index (κ2) is 4.19. The Morgan fingerprint density at radius 1 is 1.33 bits per heavy atom. The van der Waals surface area contributed by atoms with E-state index in [0.717, 1.165) is 10.9 Å². The van der Waals surface area contributed by atoms with Gasteiger partial charge >= 0.3 is 0 Å². The lowest BCUT2D eigenvalue weighted by atomic mass is 10.1. The maximum Gasteiger partial charge on any atom is 0.164 e. The fourth-order valence-electron chi connectivity index (χ4n) is 1.52. The van der Waals surface area contributed by atoms with E-state index in [2.05, 4.69) is 4.98 Å². The first kappa shape index (κ1) is 9.80. The second-order valence-electron chi connectivity index (χ2n) is 3.37. The summed E-state index contributed by atoms with van der Waals surface area (Å²) in [7, 11) is 0. The fourth-order valence-corrected chi connectivity index (χ4v) is 1.52. The van der Waals surface area contributed by atoms with E-state index in [-0.39, 0.29) is 5.78 Å². The minimum absolute atomic E-state index is 0.0863. The van der Waals surface area contributed by atoms with Crippen molar-refractivity contribution in [1.82, 2.24) is 4.98 Å². The molecule has 0 spiro atoms. The number of hydrogen-bond acceptors (Lipinski definition) is 3. The van der Waals surface area contributed by atoms with Gasteiger partial charge in [0.25, 0.3) is 0 Å². The number of nitrogens with zero attached hydrogens (tertiary/aromatic N) is 1. The predicted octanol–water partition coefficient (Wildman–Crippen LogP) is 1.77. The molecule has 0 aliphatic heterocycles. The number of pyridine rings is 1. The summed E-state index contributed by atoms with van der Waals surface area (Å²) < 4.78 is 0. The maximum absolute atomic E-state index is 11.6. The Bertz CT molecular complexity index is 494. The average Bonchev–Trinajstić information content (AvgIpc) is 2.29. The highest BCUT2D eigenvalue weighted by Crippen LogP contribution is 2.14. The summed E-state index contributed by atoms with van der Waals surface area (Å²) in [5.74, 6) is 0.0863. The van der Waals surface area contributed by atoms with Crippen LogP contribution in [0.25, 0.3) is 10.9 Å². The van der Waals surface area contributed by atoms with Crippen LogP contribution in [0.3, 0.4) is 0 Å². The third-order valence-electron chi connectivity index (χ3n) is 2.30. The maximum atomic E-state index is 11.6. The molecule has 2 aromatic rings. The number of fused-ring (bicyclic) bond motifs is 1. The van der Waals surface area contributed by atoms with E-state index >= 15 is 0 Å². The molecule has 2 rings (SSSR count). The topological polar surface area (TPSA) is 56.0 Å². The zero-order valence-electron chi connectivity index (χ0n) is 8.31. The van der Waals surface area contributed by atoms with E-state index in [0.29, 0.717) is 18.5 Å². The molecule has 0 radical (unpaired) electrons. The first-order valence-electron chi connectivity index (χ1n) is 4.89. The molecule has 1 aromatic carbocycles. The van der Waals surface area contributed by atoms with Crippen molar-refractivity contribution in [1.29, 1.82) is 0 Å². The molecular formula is C12H12N2O. The molecule has 1 aromatic heterocycles. The van der Waals surface area contributed by atoms with Crippen molar-refractivity contribution in [2.75, 3.05) is 6.54 Å². The minimum atomic E-state index is 0.0863. The Balaban J connectivity index is 2.42. The van der Waals surface area contributed by atoms with Crippen LogP contribution >= 0.6 is 0 Å². The molecule has 0 unspecified atom stereocenters. The Morgan fingerprint density at radius 2 is 2.20 bits per heavy atom. The molecule has 0 atom stereocenters. The molecular weight excluding hydrogens is 188 g/mol. The summed E-state index contributed by atoms with van der Waals surface area (Å²) >= 11 is 0. The Morgan fingerprint density at radius 3 is 3.00 bits per heavy atom. The molecule has 15 heavy (non-hydrogen) atoms.